The molecule has 0 amide bonds. The molecule has 1 unspecified atom stereocenters. The summed E-state index contributed by atoms with van der Waals surface area (Å²) in [6.45, 7) is 11.2. The average Bonchev–Trinajstić information content (AvgIpc) is 3.18. The maximum atomic E-state index is 6.62. The van der Waals surface area contributed by atoms with E-state index in [1.165, 1.54) is 28.8 Å². The highest BCUT2D eigenvalue weighted by atomic mass is 35.5. The van der Waals surface area contributed by atoms with Crippen molar-refractivity contribution in [2.45, 2.75) is 71.5 Å². The average molecular weight is 519 g/mol. The molecule has 2 aliphatic heterocycles. The summed E-state index contributed by atoms with van der Waals surface area (Å²) in [5.41, 5.74) is 4.64. The second-order valence-corrected chi connectivity index (χ2v) is 10.4. The number of hydrogen-bond donors (Lipinski definition) is 0. The summed E-state index contributed by atoms with van der Waals surface area (Å²) in [7, 11) is 2.12. The summed E-state index contributed by atoms with van der Waals surface area (Å²) in [6, 6.07) is 16.6. The standard InChI is InChI=1S/C30H35ClN2O.C3H8/c1-4-6-8-12-24(22-32(3)26-13-9-7-10-14-26)23-33-19-17-30(18-20-33)28-21-25(31)15-16-27(28)29(34-30)11-5-2;1-3-2/h7-10,12-16,21-22,29H,4,6,17-20,23H2,1-3H3;3H2,1-2H3/b12-8+,24-22+;. The molecular formula is C33H43ClN2O. The highest BCUT2D eigenvalue weighted by molar-refractivity contribution is 6.30. The number of ether oxygens (including phenoxy) is 1. The van der Waals surface area contributed by atoms with Gasteiger partial charge in [0.15, 0.2) is 0 Å². The Kier molecular flexibility index (Phi) is 11.3. The van der Waals surface area contributed by atoms with E-state index in [9.17, 15) is 0 Å². The number of piperidine rings is 1. The molecular weight excluding hydrogens is 476 g/mol. The van der Waals surface area contributed by atoms with Crippen molar-refractivity contribution in [3.05, 3.63) is 88.6 Å². The van der Waals surface area contributed by atoms with Crippen LogP contribution in [0.1, 0.15) is 77.0 Å². The lowest BCUT2D eigenvalue weighted by molar-refractivity contribution is -0.0907. The van der Waals surface area contributed by atoms with Crippen molar-refractivity contribution < 1.29 is 4.74 Å². The number of hydrogen-bond acceptors (Lipinski definition) is 3. The number of unbranched alkanes of at least 4 members (excludes halogenated alkanes) is 1. The number of halogens is 1. The number of allylic oxidation sites excluding steroid dienone is 1. The Balaban J connectivity index is 0.00000121. The van der Waals surface area contributed by atoms with Gasteiger partial charge in [-0.3, -0.25) is 4.90 Å². The first-order valence-corrected chi connectivity index (χ1v) is 14.1. The third-order valence-corrected chi connectivity index (χ3v) is 7.02. The fourth-order valence-corrected chi connectivity index (χ4v) is 5.16. The first-order valence-electron chi connectivity index (χ1n) is 13.7. The SMILES string of the molecule is CC#CC1OC2(CCN(CC(/C=C/CCC)=C/N(C)c3ccccc3)CC2)c2cc(Cl)ccc21.CCC. The van der Waals surface area contributed by atoms with Gasteiger partial charge in [0.25, 0.3) is 0 Å². The highest BCUT2D eigenvalue weighted by Gasteiger charge is 2.46. The predicted molar refractivity (Wildman–Crippen MR) is 159 cm³/mol. The Morgan fingerprint density at radius 3 is 2.49 bits per heavy atom. The van der Waals surface area contributed by atoms with Crippen LogP contribution in [0.4, 0.5) is 5.69 Å². The van der Waals surface area contributed by atoms with Crippen LogP contribution in [0.3, 0.4) is 0 Å². The van der Waals surface area contributed by atoms with Crippen LogP contribution in [0, 0.1) is 11.8 Å². The zero-order valence-corrected chi connectivity index (χ0v) is 24.0. The summed E-state index contributed by atoms with van der Waals surface area (Å²) in [5.74, 6) is 6.29. The molecule has 0 radical (unpaired) electrons. The van der Waals surface area contributed by atoms with Crippen LogP contribution < -0.4 is 4.90 Å². The second-order valence-electron chi connectivity index (χ2n) is 9.94. The third kappa shape index (κ3) is 7.74. The van der Waals surface area contributed by atoms with Crippen LogP contribution in [0.15, 0.2) is 72.5 Å². The number of likely N-dealkylation sites (tertiary alicyclic amines) is 1. The molecule has 2 aromatic carbocycles. The highest BCUT2D eigenvalue weighted by Crippen LogP contribution is 2.49. The van der Waals surface area contributed by atoms with Crippen LogP contribution >= 0.6 is 11.6 Å². The lowest BCUT2D eigenvalue weighted by atomic mass is 9.83. The third-order valence-electron chi connectivity index (χ3n) is 6.79. The van der Waals surface area contributed by atoms with Gasteiger partial charge in [-0.05, 0) is 67.2 Å². The van der Waals surface area contributed by atoms with Crippen molar-refractivity contribution in [1.82, 2.24) is 4.90 Å². The Morgan fingerprint density at radius 1 is 1.14 bits per heavy atom. The minimum atomic E-state index is -0.284. The van der Waals surface area contributed by atoms with Crippen LogP contribution in [0.5, 0.6) is 0 Å². The van der Waals surface area contributed by atoms with E-state index >= 15 is 0 Å². The molecule has 2 heterocycles. The van der Waals surface area contributed by atoms with E-state index in [2.05, 4.69) is 110 Å². The van der Waals surface area contributed by atoms with Crippen molar-refractivity contribution in [3.8, 4) is 11.8 Å². The van der Waals surface area contributed by atoms with Gasteiger partial charge in [-0.1, -0.05) is 87.6 Å². The van der Waals surface area contributed by atoms with Crippen LogP contribution in [-0.2, 0) is 10.3 Å². The van der Waals surface area contributed by atoms with E-state index in [0.29, 0.717) is 0 Å². The first-order chi connectivity index (χ1) is 18.0. The molecule has 198 valence electrons. The lowest BCUT2D eigenvalue weighted by Crippen LogP contribution is -2.43. The van der Waals surface area contributed by atoms with Gasteiger partial charge in [0.2, 0.25) is 0 Å². The summed E-state index contributed by atoms with van der Waals surface area (Å²) >= 11 is 6.39. The molecule has 0 saturated carbocycles. The monoisotopic (exact) mass is 518 g/mol. The molecule has 2 aliphatic rings. The van der Waals surface area contributed by atoms with Crippen molar-refractivity contribution >= 4 is 17.3 Å². The molecule has 1 fully saturated rings. The number of benzene rings is 2. The van der Waals surface area contributed by atoms with E-state index in [-0.39, 0.29) is 11.7 Å². The lowest BCUT2D eigenvalue weighted by Gasteiger charge is -2.39. The summed E-state index contributed by atoms with van der Waals surface area (Å²) < 4.78 is 6.62. The minimum absolute atomic E-state index is 0.157. The summed E-state index contributed by atoms with van der Waals surface area (Å²) in [5, 5.41) is 0.768. The first kappa shape index (κ1) is 29.1. The molecule has 37 heavy (non-hydrogen) atoms. The van der Waals surface area contributed by atoms with E-state index in [4.69, 9.17) is 16.3 Å². The van der Waals surface area contributed by atoms with E-state index < -0.39 is 0 Å². The number of anilines is 1. The number of fused-ring (bicyclic) bond motifs is 2. The molecule has 4 rings (SSSR count). The normalized spacial score (nSPS) is 18.6. The fraction of sp³-hybridized carbons (Fsp3) is 0.455. The molecule has 4 heteroatoms. The molecule has 0 N–H and O–H groups in total. The molecule has 0 bridgehead atoms. The fourth-order valence-electron chi connectivity index (χ4n) is 4.98. The maximum Gasteiger partial charge on any atom is 0.144 e. The van der Waals surface area contributed by atoms with Crippen molar-refractivity contribution in [3.63, 3.8) is 0 Å². The molecule has 0 aromatic heterocycles. The smallest absolute Gasteiger partial charge is 0.144 e. The van der Waals surface area contributed by atoms with Gasteiger partial charge in [-0.15, -0.1) is 5.92 Å². The second kappa shape index (κ2) is 14.4. The Labute approximate surface area is 230 Å². The van der Waals surface area contributed by atoms with Gasteiger partial charge in [0, 0.05) is 43.6 Å². The molecule has 1 saturated heterocycles. The van der Waals surface area contributed by atoms with E-state index in [1.54, 1.807) is 0 Å². The minimum Gasteiger partial charge on any atom is -0.351 e. The molecule has 1 spiro atoms. The molecule has 1 atom stereocenters. The zero-order valence-electron chi connectivity index (χ0n) is 23.3. The Morgan fingerprint density at radius 2 is 1.84 bits per heavy atom. The van der Waals surface area contributed by atoms with Gasteiger partial charge >= 0.3 is 0 Å². The topological polar surface area (TPSA) is 15.7 Å². The largest absolute Gasteiger partial charge is 0.351 e. The molecule has 3 nitrogen and oxygen atoms in total. The van der Waals surface area contributed by atoms with Gasteiger partial charge in [-0.25, -0.2) is 0 Å². The van der Waals surface area contributed by atoms with Gasteiger partial charge < -0.3 is 9.64 Å². The van der Waals surface area contributed by atoms with Crippen molar-refractivity contribution in [1.29, 1.82) is 0 Å². The Hall–Kier alpha value is -2.51. The zero-order chi connectivity index (χ0) is 26.7. The van der Waals surface area contributed by atoms with Crippen molar-refractivity contribution in [2.75, 3.05) is 31.6 Å². The van der Waals surface area contributed by atoms with Crippen molar-refractivity contribution in [2.24, 2.45) is 0 Å². The maximum absolute atomic E-state index is 6.62. The van der Waals surface area contributed by atoms with Crippen LogP contribution in [0.2, 0.25) is 5.02 Å². The van der Waals surface area contributed by atoms with Gasteiger partial charge in [0.1, 0.15) is 6.10 Å². The molecule has 2 aromatic rings. The van der Waals surface area contributed by atoms with Gasteiger partial charge in [0.05, 0.1) is 5.60 Å². The van der Waals surface area contributed by atoms with E-state index in [0.717, 1.165) is 50.3 Å². The number of rotatable bonds is 7. The molecule has 0 aliphatic carbocycles. The quantitative estimate of drug-likeness (QED) is 0.270. The van der Waals surface area contributed by atoms with Crippen LogP contribution in [0.25, 0.3) is 0 Å². The summed E-state index contributed by atoms with van der Waals surface area (Å²) in [6.07, 6.45) is 12.1. The number of para-hydroxylation sites is 1. The predicted octanol–water partition coefficient (Wildman–Crippen LogP) is 8.52. The van der Waals surface area contributed by atoms with Crippen LogP contribution in [-0.4, -0.2) is 31.6 Å². The van der Waals surface area contributed by atoms with Gasteiger partial charge in [-0.2, -0.15) is 0 Å². The number of nitrogens with zero attached hydrogens (tertiary/aromatic N) is 2. The van der Waals surface area contributed by atoms with E-state index in [1.807, 2.05) is 13.0 Å². The Bertz CT molecular complexity index is 1100. The summed E-state index contributed by atoms with van der Waals surface area (Å²) in [4.78, 5) is 4.75.